The van der Waals surface area contributed by atoms with Crippen molar-refractivity contribution in [1.82, 2.24) is 0 Å². The van der Waals surface area contributed by atoms with Crippen molar-refractivity contribution in [2.75, 3.05) is 6.26 Å². The summed E-state index contributed by atoms with van der Waals surface area (Å²) < 4.78 is 5.76. The Kier molecular flexibility index (Phi) is 7.61. The van der Waals surface area contributed by atoms with E-state index < -0.39 is 0 Å². The first-order chi connectivity index (χ1) is 14.2. The van der Waals surface area contributed by atoms with Crippen molar-refractivity contribution in [2.45, 2.75) is 94.6 Å². The lowest BCUT2D eigenvalue weighted by Gasteiger charge is -2.37. The van der Waals surface area contributed by atoms with Crippen molar-refractivity contribution in [3.8, 4) is 5.75 Å². The minimum Gasteiger partial charge on any atom is -0.426 e. The number of benzene rings is 1. The summed E-state index contributed by atoms with van der Waals surface area (Å²) >= 11 is 2.05. The van der Waals surface area contributed by atoms with Gasteiger partial charge in [0.25, 0.3) is 0 Å². The summed E-state index contributed by atoms with van der Waals surface area (Å²) in [6, 6.07) is 8.39. The van der Waals surface area contributed by atoms with E-state index in [2.05, 4.69) is 18.4 Å². The van der Waals surface area contributed by atoms with Crippen LogP contribution in [-0.2, 0) is 4.79 Å². The average molecular weight is 415 g/mol. The first kappa shape index (κ1) is 21.3. The summed E-state index contributed by atoms with van der Waals surface area (Å²) in [5.74, 6) is 3.29. The van der Waals surface area contributed by atoms with Crippen molar-refractivity contribution in [1.29, 1.82) is 0 Å². The molecule has 0 aromatic heterocycles. The molecule has 3 aliphatic carbocycles. The van der Waals surface area contributed by atoms with Crippen molar-refractivity contribution < 1.29 is 9.53 Å². The highest BCUT2D eigenvalue weighted by molar-refractivity contribution is 7.99. The van der Waals surface area contributed by atoms with E-state index in [1.165, 1.54) is 76.2 Å². The molecule has 0 atom stereocenters. The lowest BCUT2D eigenvalue weighted by atomic mass is 9.71. The molecule has 0 spiro atoms. The number of ether oxygens (including phenoxy) is 1. The van der Waals surface area contributed by atoms with Crippen LogP contribution in [0.4, 0.5) is 0 Å². The molecular formula is C26H38O2S. The number of hydrogen-bond donors (Lipinski definition) is 0. The van der Waals surface area contributed by atoms with Gasteiger partial charge in [0.1, 0.15) is 5.75 Å². The van der Waals surface area contributed by atoms with Crippen LogP contribution in [0.25, 0.3) is 0 Å². The normalized spacial score (nSPS) is 31.3. The standard InChI is InChI=1S/C26H38O2S/c1-29-25-17-13-22(14-18-25)20-7-9-23(10-8-20)26(27)28-24-15-11-21(12-16-24)19-5-3-2-4-6-19/h11-12,15-16,19-20,22-23,25H,2-10,13-14,17-18H2,1H3. The number of carbonyl (C=O) groups excluding carboxylic acids is 1. The fourth-order valence-electron chi connectivity index (χ4n) is 6.07. The Balaban J connectivity index is 1.22. The molecule has 1 aromatic rings. The molecule has 0 unspecified atom stereocenters. The van der Waals surface area contributed by atoms with E-state index in [-0.39, 0.29) is 11.9 Å². The third-order valence-electron chi connectivity index (χ3n) is 8.00. The van der Waals surface area contributed by atoms with E-state index in [0.717, 1.165) is 35.7 Å². The van der Waals surface area contributed by atoms with E-state index in [0.29, 0.717) is 5.92 Å². The number of rotatable bonds is 5. The van der Waals surface area contributed by atoms with Gasteiger partial charge in [0, 0.05) is 5.25 Å². The maximum Gasteiger partial charge on any atom is 0.314 e. The molecule has 160 valence electrons. The van der Waals surface area contributed by atoms with Gasteiger partial charge in [0.05, 0.1) is 5.92 Å². The van der Waals surface area contributed by atoms with Gasteiger partial charge in [-0.2, -0.15) is 11.8 Å². The monoisotopic (exact) mass is 414 g/mol. The van der Waals surface area contributed by atoms with Crippen LogP contribution < -0.4 is 4.74 Å². The van der Waals surface area contributed by atoms with Crippen LogP contribution >= 0.6 is 11.8 Å². The quantitative estimate of drug-likeness (QED) is 0.372. The molecule has 0 amide bonds. The van der Waals surface area contributed by atoms with Crippen molar-refractivity contribution in [3.63, 3.8) is 0 Å². The van der Waals surface area contributed by atoms with Crippen LogP contribution in [0, 0.1) is 17.8 Å². The highest BCUT2D eigenvalue weighted by Crippen LogP contribution is 2.42. The lowest BCUT2D eigenvalue weighted by molar-refractivity contribution is -0.140. The first-order valence-corrected chi connectivity index (χ1v) is 13.4. The zero-order valence-corrected chi connectivity index (χ0v) is 18.9. The Morgan fingerprint density at radius 2 is 1.38 bits per heavy atom. The van der Waals surface area contributed by atoms with Gasteiger partial charge in [-0.1, -0.05) is 31.4 Å². The van der Waals surface area contributed by atoms with E-state index >= 15 is 0 Å². The highest BCUT2D eigenvalue weighted by atomic mass is 32.2. The van der Waals surface area contributed by atoms with Crippen LogP contribution in [0.5, 0.6) is 5.75 Å². The van der Waals surface area contributed by atoms with E-state index in [1.807, 2.05) is 23.9 Å². The van der Waals surface area contributed by atoms with Gasteiger partial charge in [-0.15, -0.1) is 0 Å². The van der Waals surface area contributed by atoms with Crippen molar-refractivity contribution in [2.24, 2.45) is 17.8 Å². The molecule has 0 N–H and O–H groups in total. The number of thioether (sulfide) groups is 1. The second-order valence-electron chi connectivity index (χ2n) is 9.71. The molecule has 29 heavy (non-hydrogen) atoms. The topological polar surface area (TPSA) is 26.3 Å². The largest absolute Gasteiger partial charge is 0.426 e. The molecule has 0 aliphatic heterocycles. The van der Waals surface area contributed by atoms with Crippen molar-refractivity contribution >= 4 is 17.7 Å². The molecule has 0 radical (unpaired) electrons. The van der Waals surface area contributed by atoms with E-state index in [4.69, 9.17) is 4.74 Å². The maximum absolute atomic E-state index is 12.7. The Hall–Kier alpha value is -0.960. The summed E-state index contributed by atoms with van der Waals surface area (Å²) in [5, 5.41) is 0.891. The maximum atomic E-state index is 12.7. The summed E-state index contributed by atoms with van der Waals surface area (Å²) in [4.78, 5) is 12.7. The van der Waals surface area contributed by atoms with Gasteiger partial charge in [-0.3, -0.25) is 4.79 Å². The minimum absolute atomic E-state index is 0.0000393. The van der Waals surface area contributed by atoms with Gasteiger partial charge < -0.3 is 4.74 Å². The Morgan fingerprint density at radius 1 is 0.793 bits per heavy atom. The Labute approximate surface area is 181 Å². The van der Waals surface area contributed by atoms with Gasteiger partial charge in [-0.25, -0.2) is 0 Å². The number of esters is 1. The third kappa shape index (κ3) is 5.60. The molecular weight excluding hydrogens is 376 g/mol. The average Bonchev–Trinajstić information content (AvgIpc) is 2.80. The lowest BCUT2D eigenvalue weighted by Crippen LogP contribution is -2.30. The number of carbonyl (C=O) groups is 1. The zero-order chi connectivity index (χ0) is 20.1. The van der Waals surface area contributed by atoms with Crippen LogP contribution in [0.1, 0.15) is 95.0 Å². The van der Waals surface area contributed by atoms with Crippen LogP contribution in [0.3, 0.4) is 0 Å². The summed E-state index contributed by atoms with van der Waals surface area (Å²) in [5.41, 5.74) is 1.42. The molecule has 3 heteroatoms. The number of hydrogen-bond acceptors (Lipinski definition) is 3. The third-order valence-corrected chi connectivity index (χ3v) is 9.14. The van der Waals surface area contributed by atoms with Crippen molar-refractivity contribution in [3.05, 3.63) is 29.8 Å². The fourth-order valence-corrected chi connectivity index (χ4v) is 6.81. The fraction of sp³-hybridized carbons (Fsp3) is 0.731. The summed E-state index contributed by atoms with van der Waals surface area (Å²) in [6.45, 7) is 0. The van der Waals surface area contributed by atoms with Crippen LogP contribution in [0.2, 0.25) is 0 Å². The molecule has 0 heterocycles. The Morgan fingerprint density at radius 3 is 1.97 bits per heavy atom. The molecule has 3 aliphatic rings. The van der Waals surface area contributed by atoms with Gasteiger partial charge in [0.2, 0.25) is 0 Å². The van der Waals surface area contributed by atoms with Crippen LogP contribution in [-0.4, -0.2) is 17.5 Å². The zero-order valence-electron chi connectivity index (χ0n) is 18.1. The minimum atomic E-state index is -0.0000393. The molecule has 3 saturated carbocycles. The smallest absolute Gasteiger partial charge is 0.314 e. The molecule has 1 aromatic carbocycles. The SMILES string of the molecule is CSC1CCC(C2CCC(C(=O)Oc3ccc(C4CCCCC4)cc3)CC2)CC1. The predicted molar refractivity (Wildman–Crippen MR) is 123 cm³/mol. The second-order valence-corrected chi connectivity index (χ2v) is 10.8. The molecule has 0 saturated heterocycles. The molecule has 4 rings (SSSR count). The van der Waals surface area contributed by atoms with E-state index in [1.54, 1.807) is 0 Å². The first-order valence-electron chi connectivity index (χ1n) is 12.1. The summed E-state index contributed by atoms with van der Waals surface area (Å²) in [6.07, 6.45) is 19.0. The molecule has 0 bridgehead atoms. The van der Waals surface area contributed by atoms with Gasteiger partial charge in [-0.05, 0) is 106 Å². The molecule has 3 fully saturated rings. The van der Waals surface area contributed by atoms with Gasteiger partial charge in [0.15, 0.2) is 0 Å². The second kappa shape index (κ2) is 10.4. The van der Waals surface area contributed by atoms with Gasteiger partial charge >= 0.3 is 5.97 Å². The van der Waals surface area contributed by atoms with Crippen LogP contribution in [0.15, 0.2) is 24.3 Å². The highest BCUT2D eigenvalue weighted by Gasteiger charge is 2.33. The summed E-state index contributed by atoms with van der Waals surface area (Å²) in [7, 11) is 0. The predicted octanol–water partition coefficient (Wildman–Crippen LogP) is 7.37. The van der Waals surface area contributed by atoms with E-state index in [9.17, 15) is 4.79 Å². The molecule has 2 nitrogen and oxygen atoms in total. The Bertz CT molecular complexity index is 633.